The summed E-state index contributed by atoms with van der Waals surface area (Å²) in [5.41, 5.74) is 1.73. The number of ether oxygens (including phenoxy) is 1. The Bertz CT molecular complexity index is 632. The zero-order chi connectivity index (χ0) is 14.8. The molecule has 21 heavy (non-hydrogen) atoms. The van der Waals surface area contributed by atoms with Crippen LogP contribution in [-0.2, 0) is 13.0 Å². The number of fused-ring (bicyclic) bond motifs is 1. The van der Waals surface area contributed by atoms with Gasteiger partial charge in [-0.05, 0) is 17.7 Å². The minimum absolute atomic E-state index is 0.0651. The highest BCUT2D eigenvalue weighted by Crippen LogP contribution is 2.36. The predicted octanol–water partition coefficient (Wildman–Crippen LogP) is 1.90. The molecule has 0 radical (unpaired) electrons. The van der Waals surface area contributed by atoms with Crippen molar-refractivity contribution in [3.63, 3.8) is 0 Å². The van der Waals surface area contributed by atoms with E-state index in [0.29, 0.717) is 18.7 Å². The fourth-order valence-corrected chi connectivity index (χ4v) is 2.49. The van der Waals surface area contributed by atoms with Crippen molar-refractivity contribution in [3.8, 4) is 23.0 Å². The molecule has 0 bridgehead atoms. The van der Waals surface area contributed by atoms with Gasteiger partial charge in [0, 0.05) is 25.1 Å². The number of aromatic hydroxyl groups is 3. The number of benzene rings is 2. The number of para-hydroxylation sites is 1. The summed E-state index contributed by atoms with van der Waals surface area (Å²) in [6, 6.07) is 10.9. The van der Waals surface area contributed by atoms with Crippen LogP contribution >= 0.6 is 0 Å². The fourth-order valence-electron chi connectivity index (χ4n) is 2.49. The molecule has 1 unspecified atom stereocenters. The van der Waals surface area contributed by atoms with Gasteiger partial charge < -0.3 is 25.4 Å². The van der Waals surface area contributed by atoms with Crippen LogP contribution in [0.3, 0.4) is 0 Å². The molecule has 2 aromatic carbocycles. The Balaban J connectivity index is 1.55. The molecule has 0 amide bonds. The summed E-state index contributed by atoms with van der Waals surface area (Å²) in [4.78, 5) is 0. The van der Waals surface area contributed by atoms with Crippen molar-refractivity contribution in [1.82, 2.24) is 5.32 Å². The summed E-state index contributed by atoms with van der Waals surface area (Å²) >= 11 is 0. The van der Waals surface area contributed by atoms with Crippen LogP contribution in [0.2, 0.25) is 0 Å². The first kappa shape index (κ1) is 13.6. The van der Waals surface area contributed by atoms with Crippen LogP contribution in [0.5, 0.6) is 23.0 Å². The molecule has 5 heteroatoms. The molecule has 0 aromatic heterocycles. The molecule has 1 heterocycles. The molecule has 0 fully saturated rings. The molecule has 1 aliphatic rings. The first-order valence-electron chi connectivity index (χ1n) is 6.83. The highest BCUT2D eigenvalue weighted by Gasteiger charge is 2.21. The molecule has 4 N–H and O–H groups in total. The lowest BCUT2D eigenvalue weighted by Crippen LogP contribution is -2.29. The van der Waals surface area contributed by atoms with E-state index in [1.54, 1.807) is 6.07 Å². The van der Waals surface area contributed by atoms with Gasteiger partial charge in [-0.2, -0.15) is 0 Å². The van der Waals surface area contributed by atoms with Crippen LogP contribution in [0, 0.1) is 0 Å². The van der Waals surface area contributed by atoms with Crippen LogP contribution < -0.4 is 10.1 Å². The van der Waals surface area contributed by atoms with Gasteiger partial charge in [-0.25, -0.2) is 0 Å². The van der Waals surface area contributed by atoms with E-state index in [9.17, 15) is 15.3 Å². The second-order valence-corrected chi connectivity index (χ2v) is 5.12. The zero-order valence-corrected chi connectivity index (χ0v) is 11.4. The van der Waals surface area contributed by atoms with Gasteiger partial charge >= 0.3 is 0 Å². The van der Waals surface area contributed by atoms with Crippen LogP contribution in [0.4, 0.5) is 0 Å². The third kappa shape index (κ3) is 2.73. The number of rotatable bonds is 4. The van der Waals surface area contributed by atoms with Crippen molar-refractivity contribution >= 4 is 0 Å². The van der Waals surface area contributed by atoms with Crippen LogP contribution in [0.25, 0.3) is 0 Å². The first-order valence-corrected chi connectivity index (χ1v) is 6.83. The largest absolute Gasteiger partial charge is 0.504 e. The second-order valence-electron chi connectivity index (χ2n) is 5.12. The molecule has 1 aliphatic heterocycles. The highest BCUT2D eigenvalue weighted by molar-refractivity contribution is 5.53. The van der Waals surface area contributed by atoms with Gasteiger partial charge in [0.05, 0.1) is 0 Å². The maximum atomic E-state index is 9.73. The average molecular weight is 287 g/mol. The van der Waals surface area contributed by atoms with Crippen molar-refractivity contribution in [1.29, 1.82) is 0 Å². The third-order valence-corrected chi connectivity index (χ3v) is 3.61. The Morgan fingerprint density at radius 2 is 1.86 bits per heavy atom. The lowest BCUT2D eigenvalue weighted by atomic mass is 10.1. The van der Waals surface area contributed by atoms with Crippen molar-refractivity contribution in [3.05, 3.63) is 47.5 Å². The molecular weight excluding hydrogens is 270 g/mol. The van der Waals surface area contributed by atoms with Crippen molar-refractivity contribution in [2.75, 3.05) is 6.54 Å². The normalized spacial score (nSPS) is 16.5. The molecule has 5 nitrogen and oxygen atoms in total. The average Bonchev–Trinajstić information content (AvgIpc) is 2.90. The molecule has 110 valence electrons. The van der Waals surface area contributed by atoms with E-state index < -0.39 is 5.75 Å². The smallest absolute Gasteiger partial charge is 0.200 e. The topological polar surface area (TPSA) is 82.0 Å². The summed E-state index contributed by atoms with van der Waals surface area (Å²) in [5, 5.41) is 31.7. The predicted molar refractivity (Wildman–Crippen MR) is 77.7 cm³/mol. The van der Waals surface area contributed by atoms with Crippen molar-refractivity contribution in [2.45, 2.75) is 19.1 Å². The lowest BCUT2D eigenvalue weighted by Gasteiger charge is -2.13. The number of hydrogen-bond acceptors (Lipinski definition) is 5. The standard InChI is InChI=1S/C16H17NO4/c18-13-6-5-11(15(19)16(13)20)8-17-9-12-7-10-3-1-2-4-14(10)21-12/h1-6,12,17-20H,7-9H2. The summed E-state index contributed by atoms with van der Waals surface area (Å²) < 4.78 is 5.80. The Labute approximate surface area is 122 Å². The number of hydrogen-bond donors (Lipinski definition) is 4. The molecule has 0 aliphatic carbocycles. The highest BCUT2D eigenvalue weighted by atomic mass is 16.5. The van der Waals surface area contributed by atoms with Gasteiger partial charge in [-0.1, -0.05) is 24.3 Å². The molecular formula is C16H17NO4. The Morgan fingerprint density at radius 1 is 1.05 bits per heavy atom. The zero-order valence-electron chi connectivity index (χ0n) is 11.4. The Morgan fingerprint density at radius 3 is 2.67 bits per heavy atom. The van der Waals surface area contributed by atoms with Gasteiger partial charge in [0.15, 0.2) is 11.5 Å². The molecule has 3 rings (SSSR count). The van der Waals surface area contributed by atoms with E-state index >= 15 is 0 Å². The molecule has 2 aromatic rings. The van der Waals surface area contributed by atoms with E-state index in [0.717, 1.165) is 12.2 Å². The molecule has 0 spiro atoms. The van der Waals surface area contributed by atoms with Crippen molar-refractivity contribution in [2.24, 2.45) is 0 Å². The molecule has 0 saturated heterocycles. The van der Waals surface area contributed by atoms with E-state index in [-0.39, 0.29) is 17.6 Å². The SMILES string of the molecule is Oc1ccc(CNCC2Cc3ccccc3O2)c(O)c1O. The number of phenolic OH excluding ortho intramolecular Hbond substituents is 3. The monoisotopic (exact) mass is 287 g/mol. The second kappa shape index (κ2) is 5.54. The van der Waals surface area contributed by atoms with Gasteiger partial charge in [0.2, 0.25) is 5.75 Å². The van der Waals surface area contributed by atoms with E-state index in [2.05, 4.69) is 11.4 Å². The summed E-state index contributed by atoms with van der Waals surface area (Å²) in [7, 11) is 0. The minimum Gasteiger partial charge on any atom is -0.504 e. The Kier molecular flexibility index (Phi) is 3.58. The lowest BCUT2D eigenvalue weighted by molar-refractivity contribution is 0.227. The van der Waals surface area contributed by atoms with Crippen LogP contribution in [0.15, 0.2) is 36.4 Å². The third-order valence-electron chi connectivity index (χ3n) is 3.61. The molecule has 1 atom stereocenters. The van der Waals surface area contributed by atoms with E-state index in [1.165, 1.54) is 11.6 Å². The number of nitrogens with one attached hydrogen (secondary N) is 1. The van der Waals surface area contributed by atoms with Gasteiger partial charge in [0.25, 0.3) is 0 Å². The minimum atomic E-state index is -0.487. The summed E-state index contributed by atoms with van der Waals surface area (Å²) in [6.07, 6.45) is 0.922. The maximum absolute atomic E-state index is 9.73. The molecule has 0 saturated carbocycles. The Hall–Kier alpha value is -2.40. The van der Waals surface area contributed by atoms with Gasteiger partial charge in [-0.3, -0.25) is 0 Å². The van der Waals surface area contributed by atoms with Crippen molar-refractivity contribution < 1.29 is 20.1 Å². The van der Waals surface area contributed by atoms with Crippen LogP contribution in [-0.4, -0.2) is 28.0 Å². The first-order chi connectivity index (χ1) is 10.1. The summed E-state index contributed by atoms with van der Waals surface area (Å²) in [5.74, 6) is -0.183. The quantitative estimate of drug-likeness (QED) is 0.646. The number of phenols is 3. The summed E-state index contributed by atoms with van der Waals surface area (Å²) in [6.45, 7) is 1.02. The fraction of sp³-hybridized carbons (Fsp3) is 0.250. The maximum Gasteiger partial charge on any atom is 0.200 e. The van der Waals surface area contributed by atoms with E-state index in [4.69, 9.17) is 4.74 Å². The van der Waals surface area contributed by atoms with Gasteiger partial charge in [0.1, 0.15) is 11.9 Å². The van der Waals surface area contributed by atoms with Crippen LogP contribution in [0.1, 0.15) is 11.1 Å². The van der Waals surface area contributed by atoms with E-state index in [1.807, 2.05) is 18.2 Å². The van der Waals surface area contributed by atoms with Gasteiger partial charge in [-0.15, -0.1) is 0 Å².